The van der Waals surface area contributed by atoms with Gasteiger partial charge in [0.1, 0.15) is 17.2 Å². The molecule has 4 rings (SSSR count). The molecular weight excluding hydrogens is 516 g/mol. The molecule has 0 spiro atoms. The number of benzene rings is 4. The fraction of sp³-hybridized carbons (Fsp3) is 0.0741. The first-order valence-corrected chi connectivity index (χ1v) is 12.9. The Kier molecular flexibility index (Phi) is 8.17. The molecule has 0 aliphatic heterocycles. The lowest BCUT2D eigenvalue weighted by molar-refractivity contribution is -0.118. The molecule has 8 nitrogen and oxygen atoms in total. The number of halogens is 1. The summed E-state index contributed by atoms with van der Waals surface area (Å²) >= 11 is 6.10. The third kappa shape index (κ3) is 7.16. The Bertz CT molecular complexity index is 1480. The number of amides is 1. The normalized spacial score (nSPS) is 10.9. The predicted molar refractivity (Wildman–Crippen MR) is 142 cm³/mol. The molecular formula is C27H23ClN2O6S. The summed E-state index contributed by atoms with van der Waals surface area (Å²) in [5.74, 6) is 1.42. The number of rotatable bonds is 10. The fourth-order valence-electron chi connectivity index (χ4n) is 3.26. The summed E-state index contributed by atoms with van der Waals surface area (Å²) < 4.78 is 44.4. The quantitative estimate of drug-likeness (QED) is 0.258. The van der Waals surface area contributed by atoms with Crippen LogP contribution >= 0.6 is 11.6 Å². The van der Waals surface area contributed by atoms with Crippen molar-refractivity contribution in [3.63, 3.8) is 0 Å². The number of anilines is 2. The van der Waals surface area contributed by atoms with Crippen molar-refractivity contribution in [3.8, 4) is 23.0 Å². The number of sulfonamides is 1. The standard InChI is InChI=1S/C27H23ClN2O6S/c1-34-23-9-5-6-20(17-23)30-37(32,33)24-13-11-21(12-14-24)35-18-27(31)29-25-16-19(28)10-15-26(25)36-22-7-3-2-4-8-22/h2-17,30H,18H2,1H3,(H,29,31). The van der Waals surface area contributed by atoms with Crippen molar-refractivity contribution in [1.29, 1.82) is 0 Å². The molecule has 190 valence electrons. The number of carbonyl (C=O) groups excluding carboxylic acids is 1. The van der Waals surface area contributed by atoms with Gasteiger partial charge in [-0.15, -0.1) is 0 Å². The number of methoxy groups -OCH3 is 1. The van der Waals surface area contributed by atoms with E-state index in [4.69, 9.17) is 25.8 Å². The Morgan fingerprint density at radius 1 is 0.838 bits per heavy atom. The molecule has 0 atom stereocenters. The third-order valence-electron chi connectivity index (χ3n) is 5.01. The van der Waals surface area contributed by atoms with Crippen LogP contribution in [0.2, 0.25) is 5.02 Å². The van der Waals surface area contributed by atoms with Crippen LogP contribution < -0.4 is 24.2 Å². The maximum atomic E-state index is 12.7. The first kappa shape index (κ1) is 25.9. The molecule has 37 heavy (non-hydrogen) atoms. The predicted octanol–water partition coefficient (Wildman–Crippen LogP) is 5.96. The number of ether oxygens (including phenoxy) is 3. The average Bonchev–Trinajstić information content (AvgIpc) is 2.90. The third-order valence-corrected chi connectivity index (χ3v) is 6.64. The van der Waals surface area contributed by atoms with E-state index in [-0.39, 0.29) is 11.5 Å². The second-order valence-corrected chi connectivity index (χ2v) is 9.82. The lowest BCUT2D eigenvalue weighted by atomic mass is 10.2. The van der Waals surface area contributed by atoms with E-state index < -0.39 is 15.9 Å². The van der Waals surface area contributed by atoms with Gasteiger partial charge in [0.05, 0.1) is 23.4 Å². The van der Waals surface area contributed by atoms with Crippen molar-refractivity contribution >= 4 is 38.9 Å². The smallest absolute Gasteiger partial charge is 0.262 e. The molecule has 0 fully saturated rings. The van der Waals surface area contributed by atoms with Crippen LogP contribution in [0.4, 0.5) is 11.4 Å². The van der Waals surface area contributed by atoms with Crippen LogP contribution in [0.1, 0.15) is 0 Å². The van der Waals surface area contributed by atoms with E-state index in [2.05, 4.69) is 10.0 Å². The van der Waals surface area contributed by atoms with Crippen LogP contribution in [0.3, 0.4) is 0 Å². The SMILES string of the molecule is COc1cccc(NS(=O)(=O)c2ccc(OCC(=O)Nc3cc(Cl)ccc3Oc3ccccc3)cc2)c1. The van der Waals surface area contributed by atoms with Crippen molar-refractivity contribution in [2.75, 3.05) is 23.8 Å². The molecule has 0 saturated heterocycles. The molecule has 2 N–H and O–H groups in total. The van der Waals surface area contributed by atoms with E-state index >= 15 is 0 Å². The number of hydrogen-bond acceptors (Lipinski definition) is 6. The summed E-state index contributed by atoms with van der Waals surface area (Å²) in [6, 6.07) is 26.3. The van der Waals surface area contributed by atoms with Crippen molar-refractivity contribution in [3.05, 3.63) is 102 Å². The van der Waals surface area contributed by atoms with Gasteiger partial charge in [0.25, 0.3) is 15.9 Å². The number of hydrogen-bond donors (Lipinski definition) is 2. The van der Waals surface area contributed by atoms with Crippen molar-refractivity contribution < 1.29 is 27.4 Å². The van der Waals surface area contributed by atoms with Gasteiger partial charge < -0.3 is 19.5 Å². The van der Waals surface area contributed by atoms with Crippen LogP contribution in [-0.4, -0.2) is 28.0 Å². The Morgan fingerprint density at radius 3 is 2.30 bits per heavy atom. The van der Waals surface area contributed by atoms with Gasteiger partial charge in [-0.2, -0.15) is 0 Å². The van der Waals surface area contributed by atoms with Crippen LogP contribution in [0.15, 0.2) is 102 Å². The summed E-state index contributed by atoms with van der Waals surface area (Å²) in [7, 11) is -2.33. The number of para-hydroxylation sites is 1. The first-order chi connectivity index (χ1) is 17.8. The largest absolute Gasteiger partial charge is 0.497 e. The fourth-order valence-corrected chi connectivity index (χ4v) is 4.48. The topological polar surface area (TPSA) is 103 Å². The molecule has 4 aromatic rings. The van der Waals surface area contributed by atoms with Gasteiger partial charge in [0.2, 0.25) is 0 Å². The Hall–Kier alpha value is -4.21. The Balaban J connectivity index is 1.36. The van der Waals surface area contributed by atoms with E-state index in [9.17, 15) is 13.2 Å². The van der Waals surface area contributed by atoms with Gasteiger partial charge in [-0.25, -0.2) is 8.42 Å². The zero-order valence-electron chi connectivity index (χ0n) is 19.7. The number of nitrogens with one attached hydrogen (secondary N) is 2. The number of carbonyl (C=O) groups is 1. The highest BCUT2D eigenvalue weighted by Gasteiger charge is 2.15. The first-order valence-electron chi connectivity index (χ1n) is 11.0. The summed E-state index contributed by atoms with van der Waals surface area (Å²) in [4.78, 5) is 12.6. The zero-order chi connectivity index (χ0) is 26.3. The monoisotopic (exact) mass is 538 g/mol. The molecule has 0 bridgehead atoms. The van der Waals surface area contributed by atoms with Crippen LogP contribution in [0.5, 0.6) is 23.0 Å². The lowest BCUT2D eigenvalue weighted by Gasteiger charge is -2.13. The summed E-state index contributed by atoms with van der Waals surface area (Å²) in [5.41, 5.74) is 0.753. The van der Waals surface area contributed by atoms with Gasteiger partial charge in [-0.3, -0.25) is 9.52 Å². The molecule has 0 unspecified atom stereocenters. The van der Waals surface area contributed by atoms with Gasteiger partial charge in [-0.05, 0) is 66.7 Å². The molecule has 10 heteroatoms. The van der Waals surface area contributed by atoms with E-state index in [1.807, 2.05) is 18.2 Å². The van der Waals surface area contributed by atoms with Gasteiger partial charge in [0.15, 0.2) is 12.4 Å². The van der Waals surface area contributed by atoms with E-state index in [1.54, 1.807) is 54.6 Å². The molecule has 1 amide bonds. The van der Waals surface area contributed by atoms with Crippen molar-refractivity contribution in [2.24, 2.45) is 0 Å². The molecule has 0 saturated carbocycles. The Morgan fingerprint density at radius 2 is 1.57 bits per heavy atom. The highest BCUT2D eigenvalue weighted by Crippen LogP contribution is 2.32. The molecule has 0 heterocycles. The minimum Gasteiger partial charge on any atom is -0.497 e. The highest BCUT2D eigenvalue weighted by molar-refractivity contribution is 7.92. The van der Waals surface area contributed by atoms with Crippen molar-refractivity contribution in [1.82, 2.24) is 0 Å². The Labute approximate surface area is 219 Å². The molecule has 0 aliphatic carbocycles. The van der Waals surface area contributed by atoms with E-state index in [0.29, 0.717) is 39.4 Å². The minimum atomic E-state index is -3.83. The lowest BCUT2D eigenvalue weighted by Crippen LogP contribution is -2.20. The summed E-state index contributed by atoms with van der Waals surface area (Å²) in [5, 5.41) is 3.15. The van der Waals surface area contributed by atoms with Crippen LogP contribution in [-0.2, 0) is 14.8 Å². The van der Waals surface area contributed by atoms with E-state index in [0.717, 1.165) is 0 Å². The molecule has 0 aliphatic rings. The van der Waals surface area contributed by atoms with Crippen LogP contribution in [0.25, 0.3) is 0 Å². The van der Waals surface area contributed by atoms with Gasteiger partial charge in [0, 0.05) is 11.1 Å². The summed E-state index contributed by atoms with van der Waals surface area (Å²) in [6.45, 7) is -0.314. The second-order valence-electron chi connectivity index (χ2n) is 7.70. The highest BCUT2D eigenvalue weighted by atomic mass is 35.5. The molecule has 0 aromatic heterocycles. The maximum Gasteiger partial charge on any atom is 0.262 e. The maximum absolute atomic E-state index is 12.7. The minimum absolute atomic E-state index is 0.0359. The second kappa shape index (κ2) is 11.7. The average molecular weight is 539 g/mol. The zero-order valence-corrected chi connectivity index (χ0v) is 21.3. The molecule has 0 radical (unpaired) electrons. The summed E-state index contributed by atoms with van der Waals surface area (Å²) in [6.07, 6.45) is 0. The van der Waals surface area contributed by atoms with E-state index in [1.165, 1.54) is 31.4 Å². The molecule has 4 aromatic carbocycles. The van der Waals surface area contributed by atoms with Gasteiger partial charge >= 0.3 is 0 Å². The van der Waals surface area contributed by atoms with Crippen LogP contribution in [0, 0.1) is 0 Å². The van der Waals surface area contributed by atoms with Crippen molar-refractivity contribution in [2.45, 2.75) is 4.90 Å². The van der Waals surface area contributed by atoms with Gasteiger partial charge in [-0.1, -0.05) is 35.9 Å².